The van der Waals surface area contributed by atoms with Gasteiger partial charge in [0.25, 0.3) is 0 Å². The van der Waals surface area contributed by atoms with Gasteiger partial charge in [-0.25, -0.2) is 4.98 Å². The molecule has 10 heavy (non-hydrogen) atoms. The van der Waals surface area contributed by atoms with E-state index in [1.807, 2.05) is 18.2 Å². The summed E-state index contributed by atoms with van der Waals surface area (Å²) in [5.41, 5.74) is 8.05. The van der Waals surface area contributed by atoms with Gasteiger partial charge in [0.15, 0.2) is 6.33 Å². The first-order valence-corrected chi connectivity index (χ1v) is 2.98. The third-order valence-electron chi connectivity index (χ3n) is 1.43. The largest absolute Gasteiger partial charge is 0.397 e. The van der Waals surface area contributed by atoms with Crippen LogP contribution in [0.4, 0.5) is 5.69 Å². The van der Waals surface area contributed by atoms with Crippen LogP contribution in [0.15, 0.2) is 18.2 Å². The van der Waals surface area contributed by atoms with Crippen LogP contribution in [0.25, 0.3) is 11.0 Å². The first-order valence-electron chi connectivity index (χ1n) is 2.98. The van der Waals surface area contributed by atoms with E-state index in [0.717, 1.165) is 11.0 Å². The zero-order valence-electron chi connectivity index (χ0n) is 5.26. The molecule has 0 unspecified atom stereocenters. The molecule has 1 heterocycles. The van der Waals surface area contributed by atoms with Crippen molar-refractivity contribution in [3.8, 4) is 0 Å². The van der Waals surface area contributed by atoms with Gasteiger partial charge in [-0.05, 0) is 12.1 Å². The second-order valence-corrected chi connectivity index (χ2v) is 2.09. The van der Waals surface area contributed by atoms with E-state index in [1.165, 1.54) is 0 Å². The average molecular weight is 132 g/mol. The first kappa shape index (κ1) is 5.29. The summed E-state index contributed by atoms with van der Waals surface area (Å²) < 4.78 is 0. The van der Waals surface area contributed by atoms with Gasteiger partial charge in [0.1, 0.15) is 0 Å². The molecule has 1 radical (unpaired) electrons. The maximum Gasteiger partial charge on any atom is 0.174 e. The van der Waals surface area contributed by atoms with Gasteiger partial charge in [-0.15, -0.1) is 0 Å². The molecule has 0 aliphatic rings. The smallest absolute Gasteiger partial charge is 0.174 e. The van der Waals surface area contributed by atoms with Gasteiger partial charge in [0.2, 0.25) is 0 Å². The Kier molecular flexibility index (Phi) is 0.917. The van der Waals surface area contributed by atoms with Crippen LogP contribution in [0, 0.1) is 6.33 Å². The number of nitrogens with two attached hydrogens (primary N) is 1. The Morgan fingerprint density at radius 3 is 3.20 bits per heavy atom. The van der Waals surface area contributed by atoms with Gasteiger partial charge in [-0.3, -0.25) is 0 Å². The lowest BCUT2D eigenvalue weighted by Crippen LogP contribution is -1.84. The number of nitrogens with one attached hydrogen (secondary N) is 1. The summed E-state index contributed by atoms with van der Waals surface area (Å²) in [7, 11) is 0. The molecule has 0 amide bonds. The van der Waals surface area contributed by atoms with Crippen LogP contribution in [0.3, 0.4) is 0 Å². The summed E-state index contributed by atoms with van der Waals surface area (Å²) in [4.78, 5) is 6.75. The van der Waals surface area contributed by atoms with Gasteiger partial charge in [-0.1, -0.05) is 6.07 Å². The minimum Gasteiger partial charge on any atom is -0.397 e. The summed E-state index contributed by atoms with van der Waals surface area (Å²) >= 11 is 0. The van der Waals surface area contributed by atoms with E-state index in [-0.39, 0.29) is 0 Å². The van der Waals surface area contributed by atoms with Crippen LogP contribution in [-0.2, 0) is 0 Å². The highest BCUT2D eigenvalue weighted by molar-refractivity contribution is 5.86. The topological polar surface area (TPSA) is 54.7 Å². The number of benzene rings is 1. The van der Waals surface area contributed by atoms with Crippen molar-refractivity contribution in [1.82, 2.24) is 9.97 Å². The molecule has 0 saturated heterocycles. The Morgan fingerprint density at radius 2 is 2.40 bits per heavy atom. The molecule has 3 N–H and O–H groups in total. The maximum absolute atomic E-state index is 5.61. The van der Waals surface area contributed by atoms with Crippen molar-refractivity contribution < 1.29 is 0 Å². The molecule has 1 aromatic carbocycles. The van der Waals surface area contributed by atoms with E-state index in [0.29, 0.717) is 5.69 Å². The highest BCUT2D eigenvalue weighted by Crippen LogP contribution is 2.14. The summed E-state index contributed by atoms with van der Waals surface area (Å²) in [6.07, 6.45) is 2.62. The van der Waals surface area contributed by atoms with E-state index in [1.54, 1.807) is 0 Å². The van der Waals surface area contributed by atoms with Crippen LogP contribution >= 0.6 is 0 Å². The Bertz CT molecular complexity index is 350. The van der Waals surface area contributed by atoms with Crippen LogP contribution in [-0.4, -0.2) is 9.97 Å². The fraction of sp³-hybridized carbons (Fsp3) is 0. The van der Waals surface area contributed by atoms with E-state index in [2.05, 4.69) is 16.3 Å². The molecule has 0 fully saturated rings. The molecular formula is C7H6N3. The number of para-hydroxylation sites is 1. The SMILES string of the molecule is Nc1cccc2n[c][nH]c12. The fourth-order valence-corrected chi connectivity index (χ4v) is 0.931. The van der Waals surface area contributed by atoms with Crippen molar-refractivity contribution in [3.05, 3.63) is 24.5 Å². The van der Waals surface area contributed by atoms with Crippen molar-refractivity contribution in [2.24, 2.45) is 0 Å². The van der Waals surface area contributed by atoms with Gasteiger partial charge >= 0.3 is 0 Å². The van der Waals surface area contributed by atoms with E-state index in [9.17, 15) is 0 Å². The number of hydrogen-bond donors (Lipinski definition) is 2. The quantitative estimate of drug-likeness (QED) is 0.524. The molecule has 49 valence electrons. The van der Waals surface area contributed by atoms with E-state index in [4.69, 9.17) is 5.73 Å². The van der Waals surface area contributed by atoms with E-state index >= 15 is 0 Å². The number of rotatable bonds is 0. The van der Waals surface area contributed by atoms with Crippen LogP contribution < -0.4 is 5.73 Å². The number of aromatic nitrogens is 2. The molecular weight excluding hydrogens is 126 g/mol. The second-order valence-electron chi connectivity index (χ2n) is 2.09. The monoisotopic (exact) mass is 132 g/mol. The molecule has 0 saturated carbocycles. The summed E-state index contributed by atoms with van der Waals surface area (Å²) in [5.74, 6) is 0. The average Bonchev–Trinajstić information content (AvgIpc) is 2.36. The zero-order valence-corrected chi connectivity index (χ0v) is 5.26. The molecule has 0 aliphatic carbocycles. The maximum atomic E-state index is 5.61. The molecule has 1 aromatic heterocycles. The number of imidazole rings is 1. The lowest BCUT2D eigenvalue weighted by Gasteiger charge is -1.91. The van der Waals surface area contributed by atoms with Crippen molar-refractivity contribution in [2.45, 2.75) is 0 Å². The number of nitrogens with zero attached hydrogens (tertiary/aromatic N) is 1. The molecule has 3 heteroatoms. The predicted octanol–water partition coefficient (Wildman–Crippen LogP) is 0.945. The summed E-state index contributed by atoms with van der Waals surface area (Å²) in [6, 6.07) is 5.58. The lowest BCUT2D eigenvalue weighted by atomic mass is 10.3. The number of hydrogen-bond acceptors (Lipinski definition) is 2. The van der Waals surface area contributed by atoms with Gasteiger partial charge in [0, 0.05) is 0 Å². The molecule has 0 atom stereocenters. The Balaban J connectivity index is 2.95. The third-order valence-corrected chi connectivity index (χ3v) is 1.43. The Labute approximate surface area is 57.9 Å². The van der Waals surface area contributed by atoms with Gasteiger partial charge in [-0.2, -0.15) is 0 Å². The minimum atomic E-state index is 0.714. The van der Waals surface area contributed by atoms with Crippen molar-refractivity contribution in [1.29, 1.82) is 0 Å². The van der Waals surface area contributed by atoms with Crippen LogP contribution in [0.1, 0.15) is 0 Å². The first-order chi connectivity index (χ1) is 4.88. The van der Waals surface area contributed by atoms with E-state index < -0.39 is 0 Å². The molecule has 0 spiro atoms. The normalized spacial score (nSPS) is 10.4. The van der Waals surface area contributed by atoms with Crippen LogP contribution in [0.5, 0.6) is 0 Å². The molecule has 2 rings (SSSR count). The highest BCUT2D eigenvalue weighted by Gasteiger charge is 1.96. The molecule has 3 nitrogen and oxygen atoms in total. The highest BCUT2D eigenvalue weighted by atomic mass is 14.9. The van der Waals surface area contributed by atoms with Gasteiger partial charge < -0.3 is 10.7 Å². The van der Waals surface area contributed by atoms with Crippen molar-refractivity contribution in [2.75, 3.05) is 5.73 Å². The standard InChI is InChI=1S/C7H6N3/c8-5-2-1-3-6-7(5)10-4-9-6/h1-3H,8H2,(H,9,10). The van der Waals surface area contributed by atoms with Crippen molar-refractivity contribution in [3.63, 3.8) is 0 Å². The Hall–Kier alpha value is -1.51. The molecule has 0 aliphatic heterocycles. The lowest BCUT2D eigenvalue weighted by molar-refractivity contribution is 1.32. The predicted molar refractivity (Wildman–Crippen MR) is 39.3 cm³/mol. The summed E-state index contributed by atoms with van der Waals surface area (Å²) in [6.45, 7) is 0. The summed E-state index contributed by atoms with van der Waals surface area (Å²) in [5, 5.41) is 0. The van der Waals surface area contributed by atoms with Crippen molar-refractivity contribution >= 4 is 16.7 Å². The third kappa shape index (κ3) is 0.572. The number of H-pyrrole nitrogens is 1. The molecule has 0 bridgehead atoms. The zero-order chi connectivity index (χ0) is 6.97. The Morgan fingerprint density at radius 1 is 1.50 bits per heavy atom. The number of anilines is 1. The number of aromatic amines is 1. The second kappa shape index (κ2) is 1.73. The molecule has 2 aromatic rings. The van der Waals surface area contributed by atoms with Gasteiger partial charge in [0.05, 0.1) is 16.7 Å². The van der Waals surface area contributed by atoms with Crippen LogP contribution in [0.2, 0.25) is 0 Å². The fourth-order valence-electron chi connectivity index (χ4n) is 0.931. The number of nitrogen functional groups attached to an aromatic ring is 1. The number of fused-ring (bicyclic) bond motifs is 1. The minimum absolute atomic E-state index is 0.714.